The second-order valence-electron chi connectivity index (χ2n) is 6.34. The molecule has 0 spiro atoms. The van der Waals surface area contributed by atoms with Gasteiger partial charge in [-0.1, -0.05) is 50.5 Å². The monoisotopic (exact) mass is 327 g/mol. The Morgan fingerprint density at radius 1 is 1.32 bits per heavy atom. The molecule has 0 aromatic heterocycles. The van der Waals surface area contributed by atoms with Crippen LogP contribution in [0.15, 0.2) is 22.7 Å². The van der Waals surface area contributed by atoms with Gasteiger partial charge in [0.1, 0.15) is 5.75 Å². The van der Waals surface area contributed by atoms with E-state index in [4.69, 9.17) is 0 Å². The Morgan fingerprint density at radius 2 is 1.95 bits per heavy atom. The maximum absolute atomic E-state index is 10.0. The van der Waals surface area contributed by atoms with E-state index in [9.17, 15) is 5.11 Å². The molecule has 1 aromatic rings. The maximum atomic E-state index is 10.0. The van der Waals surface area contributed by atoms with E-state index in [0.29, 0.717) is 17.1 Å². The van der Waals surface area contributed by atoms with Crippen LogP contribution in [0.1, 0.15) is 52.6 Å². The summed E-state index contributed by atoms with van der Waals surface area (Å²) in [5.74, 6) is 0.946. The Balaban J connectivity index is 2.76. The second kappa shape index (κ2) is 6.76. The lowest BCUT2D eigenvalue weighted by molar-refractivity contribution is 0.244. The molecule has 2 atom stereocenters. The van der Waals surface area contributed by atoms with Gasteiger partial charge in [0.05, 0.1) is 0 Å². The summed E-state index contributed by atoms with van der Waals surface area (Å²) in [4.78, 5) is 0. The van der Waals surface area contributed by atoms with Crippen LogP contribution in [-0.2, 0) is 0 Å². The van der Waals surface area contributed by atoms with Gasteiger partial charge >= 0.3 is 0 Å². The van der Waals surface area contributed by atoms with Gasteiger partial charge < -0.3 is 10.4 Å². The van der Waals surface area contributed by atoms with Crippen molar-refractivity contribution in [2.75, 3.05) is 6.54 Å². The van der Waals surface area contributed by atoms with Gasteiger partial charge in [-0.25, -0.2) is 0 Å². The average molecular weight is 328 g/mol. The van der Waals surface area contributed by atoms with Gasteiger partial charge in [-0.3, -0.25) is 0 Å². The molecule has 1 rings (SSSR count). The standard InChI is InChI=1S/C16H26BrNO/c1-6-14(18-10-11(2)16(3,4)5)13-9-12(17)7-8-15(13)19/h7-9,11,14,18-19H,6,10H2,1-5H3. The van der Waals surface area contributed by atoms with Crippen LogP contribution in [0.5, 0.6) is 5.75 Å². The van der Waals surface area contributed by atoms with E-state index in [-0.39, 0.29) is 6.04 Å². The third kappa shape index (κ3) is 4.81. The number of hydrogen-bond donors (Lipinski definition) is 2. The van der Waals surface area contributed by atoms with E-state index in [1.807, 2.05) is 12.1 Å². The van der Waals surface area contributed by atoms with Crippen LogP contribution in [0.25, 0.3) is 0 Å². The van der Waals surface area contributed by atoms with E-state index in [2.05, 4.69) is 55.9 Å². The summed E-state index contributed by atoms with van der Waals surface area (Å²) in [5.41, 5.74) is 1.27. The van der Waals surface area contributed by atoms with Gasteiger partial charge in [0.15, 0.2) is 0 Å². The summed E-state index contributed by atoms with van der Waals surface area (Å²) < 4.78 is 1.00. The number of hydrogen-bond acceptors (Lipinski definition) is 2. The first-order valence-corrected chi connectivity index (χ1v) is 7.76. The van der Waals surface area contributed by atoms with Gasteiger partial charge in [0, 0.05) is 16.1 Å². The molecule has 0 saturated carbocycles. The molecule has 0 bridgehead atoms. The van der Waals surface area contributed by atoms with Crippen LogP contribution in [0.2, 0.25) is 0 Å². The van der Waals surface area contributed by atoms with Gasteiger partial charge in [0.2, 0.25) is 0 Å². The highest BCUT2D eigenvalue weighted by Gasteiger charge is 2.21. The molecule has 0 heterocycles. The molecule has 1 aromatic carbocycles. The maximum Gasteiger partial charge on any atom is 0.120 e. The number of phenols is 1. The lowest BCUT2D eigenvalue weighted by Gasteiger charge is -2.29. The molecule has 108 valence electrons. The van der Waals surface area contributed by atoms with Crippen LogP contribution < -0.4 is 5.32 Å². The molecule has 0 radical (unpaired) electrons. The fraction of sp³-hybridized carbons (Fsp3) is 0.625. The second-order valence-corrected chi connectivity index (χ2v) is 7.25. The van der Waals surface area contributed by atoms with Gasteiger partial charge in [-0.15, -0.1) is 0 Å². The predicted molar refractivity (Wildman–Crippen MR) is 85.5 cm³/mol. The molecule has 19 heavy (non-hydrogen) atoms. The number of aromatic hydroxyl groups is 1. The minimum absolute atomic E-state index is 0.197. The minimum atomic E-state index is 0.197. The summed E-state index contributed by atoms with van der Waals surface area (Å²) in [5, 5.41) is 13.6. The molecule has 0 aliphatic heterocycles. The third-order valence-corrected chi connectivity index (χ3v) is 4.42. The highest BCUT2D eigenvalue weighted by atomic mass is 79.9. The minimum Gasteiger partial charge on any atom is -0.508 e. The summed E-state index contributed by atoms with van der Waals surface area (Å²) in [6.45, 7) is 12.1. The van der Waals surface area contributed by atoms with Gasteiger partial charge in [0.25, 0.3) is 0 Å². The quantitative estimate of drug-likeness (QED) is 0.807. The number of phenolic OH excluding ortho intramolecular Hbond substituents is 1. The van der Waals surface area contributed by atoms with E-state index in [0.717, 1.165) is 23.0 Å². The smallest absolute Gasteiger partial charge is 0.120 e. The number of halogens is 1. The van der Waals surface area contributed by atoms with Crippen molar-refractivity contribution in [3.05, 3.63) is 28.2 Å². The largest absolute Gasteiger partial charge is 0.508 e. The SMILES string of the molecule is CCC(NCC(C)C(C)(C)C)c1cc(Br)ccc1O. The van der Waals surface area contributed by atoms with E-state index < -0.39 is 0 Å². The fourth-order valence-electron chi connectivity index (χ4n) is 1.90. The van der Waals surface area contributed by atoms with Crippen LogP contribution in [-0.4, -0.2) is 11.7 Å². The molecule has 0 fully saturated rings. The molecule has 0 aliphatic rings. The average Bonchev–Trinajstić information content (AvgIpc) is 2.32. The zero-order chi connectivity index (χ0) is 14.6. The van der Waals surface area contributed by atoms with Crippen molar-refractivity contribution in [2.45, 2.75) is 47.1 Å². The summed E-state index contributed by atoms with van der Waals surface area (Å²) in [6, 6.07) is 5.81. The van der Waals surface area contributed by atoms with Crippen molar-refractivity contribution in [2.24, 2.45) is 11.3 Å². The van der Waals surface area contributed by atoms with Crippen molar-refractivity contribution in [1.29, 1.82) is 0 Å². The van der Waals surface area contributed by atoms with Crippen molar-refractivity contribution in [1.82, 2.24) is 5.32 Å². The molecule has 2 N–H and O–H groups in total. The van der Waals surface area contributed by atoms with Crippen molar-refractivity contribution in [3.63, 3.8) is 0 Å². The summed E-state index contributed by atoms with van der Waals surface area (Å²) in [6.07, 6.45) is 0.959. The Labute approximate surface area is 125 Å². The summed E-state index contributed by atoms with van der Waals surface area (Å²) >= 11 is 3.47. The lowest BCUT2D eigenvalue weighted by Crippen LogP contribution is -2.32. The first kappa shape index (κ1) is 16.5. The lowest BCUT2D eigenvalue weighted by atomic mass is 9.82. The molecular formula is C16H26BrNO. The van der Waals surface area contributed by atoms with Crippen LogP contribution in [0.4, 0.5) is 0 Å². The highest BCUT2D eigenvalue weighted by molar-refractivity contribution is 9.10. The Kier molecular flexibility index (Phi) is 5.87. The molecule has 0 saturated heterocycles. The van der Waals surface area contributed by atoms with Gasteiger partial charge in [-0.2, -0.15) is 0 Å². The first-order chi connectivity index (χ1) is 8.75. The Morgan fingerprint density at radius 3 is 2.47 bits per heavy atom. The number of benzene rings is 1. The highest BCUT2D eigenvalue weighted by Crippen LogP contribution is 2.30. The molecule has 0 amide bonds. The molecular weight excluding hydrogens is 302 g/mol. The molecule has 2 nitrogen and oxygen atoms in total. The summed E-state index contributed by atoms with van der Waals surface area (Å²) in [7, 11) is 0. The van der Waals surface area contributed by atoms with Crippen molar-refractivity contribution < 1.29 is 5.11 Å². The van der Waals surface area contributed by atoms with E-state index >= 15 is 0 Å². The van der Waals surface area contributed by atoms with Crippen LogP contribution >= 0.6 is 15.9 Å². The molecule has 3 heteroatoms. The van der Waals surface area contributed by atoms with Crippen LogP contribution in [0.3, 0.4) is 0 Å². The Hall–Kier alpha value is -0.540. The molecule has 0 aliphatic carbocycles. The van der Waals surface area contributed by atoms with E-state index in [1.165, 1.54) is 0 Å². The first-order valence-electron chi connectivity index (χ1n) is 6.97. The topological polar surface area (TPSA) is 32.3 Å². The number of rotatable bonds is 5. The Bertz CT molecular complexity index is 412. The van der Waals surface area contributed by atoms with Crippen molar-refractivity contribution >= 4 is 15.9 Å². The van der Waals surface area contributed by atoms with Crippen LogP contribution in [0, 0.1) is 11.3 Å². The van der Waals surface area contributed by atoms with Gasteiger partial charge in [-0.05, 0) is 42.5 Å². The van der Waals surface area contributed by atoms with E-state index in [1.54, 1.807) is 6.07 Å². The predicted octanol–water partition coefficient (Wildman–Crippen LogP) is 4.88. The third-order valence-electron chi connectivity index (χ3n) is 3.92. The molecule has 2 unspecified atom stereocenters. The van der Waals surface area contributed by atoms with Crippen molar-refractivity contribution in [3.8, 4) is 5.75 Å². The number of nitrogens with one attached hydrogen (secondary N) is 1. The zero-order valence-electron chi connectivity index (χ0n) is 12.6. The zero-order valence-corrected chi connectivity index (χ0v) is 14.2. The normalized spacial score (nSPS) is 15.3. The fourth-order valence-corrected chi connectivity index (χ4v) is 2.28.